The summed E-state index contributed by atoms with van der Waals surface area (Å²) in [6.45, 7) is 4.96. The molecule has 0 amide bonds. The smallest absolute Gasteiger partial charge is 0.187 e. The Balaban J connectivity index is 1.35. The van der Waals surface area contributed by atoms with Gasteiger partial charge in [0, 0.05) is 5.41 Å². The average molecular weight is 381 g/mol. The first-order valence-corrected chi connectivity index (χ1v) is 11.1. The Morgan fingerprint density at radius 1 is 1.27 bits per heavy atom. The monoisotopic (exact) mass is 380 g/mol. The lowest BCUT2D eigenvalue weighted by molar-refractivity contribution is 0.0152. The number of epoxide rings is 1. The Kier molecular flexibility index (Phi) is 4.46. The lowest BCUT2D eigenvalue weighted by Gasteiger charge is -2.40. The summed E-state index contributed by atoms with van der Waals surface area (Å²) in [6.07, 6.45) is 1.59. The predicted molar refractivity (Wildman–Crippen MR) is 98.1 cm³/mol. The third-order valence-electron chi connectivity index (χ3n) is 7.13. The van der Waals surface area contributed by atoms with Crippen LogP contribution in [-0.2, 0) is 25.9 Å². The van der Waals surface area contributed by atoms with Gasteiger partial charge in [-0.3, -0.25) is 0 Å². The number of rotatable bonds is 7. The molecular formula is C20H28O5S. The van der Waals surface area contributed by atoms with Crippen LogP contribution in [0.4, 0.5) is 0 Å². The van der Waals surface area contributed by atoms with Gasteiger partial charge in [0.1, 0.15) is 6.10 Å². The average Bonchev–Trinajstić information content (AvgIpc) is 3.30. The number of benzene rings is 1. The van der Waals surface area contributed by atoms with E-state index in [9.17, 15) is 13.5 Å². The van der Waals surface area contributed by atoms with Crippen LogP contribution in [0, 0.1) is 16.7 Å². The Labute approximate surface area is 155 Å². The van der Waals surface area contributed by atoms with E-state index in [1.807, 2.05) is 30.3 Å². The van der Waals surface area contributed by atoms with Gasteiger partial charge in [-0.25, -0.2) is 8.42 Å². The highest BCUT2D eigenvalue weighted by Crippen LogP contribution is 2.66. The normalized spacial score (nSPS) is 37.8. The highest BCUT2D eigenvalue weighted by Gasteiger charge is 2.66. The van der Waals surface area contributed by atoms with E-state index in [-0.39, 0.29) is 23.9 Å². The zero-order chi connectivity index (χ0) is 18.6. The first-order chi connectivity index (χ1) is 12.3. The molecular weight excluding hydrogens is 352 g/mol. The van der Waals surface area contributed by atoms with E-state index in [2.05, 4.69) is 13.8 Å². The first-order valence-electron chi connectivity index (χ1n) is 9.43. The summed E-state index contributed by atoms with van der Waals surface area (Å²) >= 11 is 0. The van der Waals surface area contributed by atoms with Gasteiger partial charge in [-0.2, -0.15) is 0 Å². The highest BCUT2D eigenvalue weighted by molar-refractivity contribution is 7.92. The molecule has 2 unspecified atom stereocenters. The Bertz CT molecular complexity index is 760. The van der Waals surface area contributed by atoms with Crippen molar-refractivity contribution in [3.63, 3.8) is 0 Å². The second-order valence-electron chi connectivity index (χ2n) is 8.72. The number of aliphatic hydroxyl groups excluding tert-OH is 1. The van der Waals surface area contributed by atoms with Gasteiger partial charge in [-0.15, -0.1) is 0 Å². The molecule has 3 aliphatic rings. The number of aliphatic hydroxyl groups is 1. The maximum Gasteiger partial charge on any atom is 0.187 e. The van der Waals surface area contributed by atoms with Crippen LogP contribution < -0.4 is 0 Å². The molecule has 2 aliphatic carbocycles. The number of fused-ring (bicyclic) bond motifs is 2. The highest BCUT2D eigenvalue weighted by atomic mass is 32.2. The summed E-state index contributed by atoms with van der Waals surface area (Å²) in [5.74, 6) is 0.433. The van der Waals surface area contributed by atoms with Gasteiger partial charge >= 0.3 is 0 Å². The quantitative estimate of drug-likeness (QED) is 0.736. The van der Waals surface area contributed by atoms with Crippen LogP contribution in [0.15, 0.2) is 30.3 Å². The predicted octanol–water partition coefficient (Wildman–Crippen LogP) is 2.53. The van der Waals surface area contributed by atoms with E-state index in [1.165, 1.54) is 0 Å². The van der Waals surface area contributed by atoms with Crippen LogP contribution in [-0.4, -0.2) is 43.5 Å². The molecule has 0 radical (unpaired) electrons. The molecule has 1 heterocycles. The van der Waals surface area contributed by atoms with Crippen LogP contribution >= 0.6 is 0 Å². The van der Waals surface area contributed by atoms with E-state index in [1.54, 1.807) is 0 Å². The first kappa shape index (κ1) is 18.4. The number of hydrogen-bond donors (Lipinski definition) is 1. The zero-order valence-corrected chi connectivity index (χ0v) is 16.2. The zero-order valence-electron chi connectivity index (χ0n) is 15.4. The van der Waals surface area contributed by atoms with Crippen LogP contribution in [0.1, 0.15) is 38.7 Å². The van der Waals surface area contributed by atoms with E-state index in [4.69, 9.17) is 9.47 Å². The summed E-state index contributed by atoms with van der Waals surface area (Å²) in [5.41, 5.74) is -0.402. The molecule has 2 bridgehead atoms. The van der Waals surface area contributed by atoms with Crippen molar-refractivity contribution < 1.29 is 23.0 Å². The van der Waals surface area contributed by atoms with Crippen molar-refractivity contribution >= 4 is 9.84 Å². The molecule has 144 valence electrons. The van der Waals surface area contributed by atoms with E-state index in [0.29, 0.717) is 12.5 Å². The summed E-state index contributed by atoms with van der Waals surface area (Å²) in [5, 5.41) is 10.6. The van der Waals surface area contributed by atoms with Crippen LogP contribution in [0.2, 0.25) is 0 Å². The third kappa shape index (κ3) is 2.91. The number of sulfone groups is 1. The molecule has 0 spiro atoms. The number of hydrogen-bond acceptors (Lipinski definition) is 5. The lowest BCUT2D eigenvalue weighted by Crippen LogP contribution is -2.45. The van der Waals surface area contributed by atoms with Gasteiger partial charge in [0.25, 0.3) is 0 Å². The fourth-order valence-corrected chi connectivity index (χ4v) is 7.69. The second-order valence-corrected chi connectivity index (χ2v) is 10.8. The summed E-state index contributed by atoms with van der Waals surface area (Å²) in [4.78, 5) is 0. The molecule has 4 rings (SSSR count). The van der Waals surface area contributed by atoms with Crippen LogP contribution in [0.5, 0.6) is 0 Å². The Morgan fingerprint density at radius 3 is 2.62 bits per heavy atom. The fraction of sp³-hybridized carbons (Fsp3) is 0.700. The van der Waals surface area contributed by atoms with Gasteiger partial charge in [-0.05, 0) is 36.2 Å². The molecule has 5 nitrogen and oxygen atoms in total. The van der Waals surface area contributed by atoms with Crippen LogP contribution in [0.3, 0.4) is 0 Å². The lowest BCUT2D eigenvalue weighted by atomic mass is 9.70. The minimum atomic E-state index is -3.42. The largest absolute Gasteiger partial charge is 0.392 e. The van der Waals surface area contributed by atoms with Gasteiger partial charge < -0.3 is 14.6 Å². The summed E-state index contributed by atoms with van der Waals surface area (Å²) in [7, 11) is -3.42. The molecule has 1 aliphatic heterocycles. The molecule has 1 saturated heterocycles. The summed E-state index contributed by atoms with van der Waals surface area (Å²) in [6, 6.07) is 9.79. The minimum absolute atomic E-state index is 0.0184. The van der Waals surface area contributed by atoms with Gasteiger partial charge in [0.2, 0.25) is 0 Å². The van der Waals surface area contributed by atoms with Crippen LogP contribution in [0.25, 0.3) is 0 Å². The Morgan fingerprint density at radius 2 is 2.00 bits per heavy atom. The van der Waals surface area contributed by atoms with Crippen molar-refractivity contribution in [1.82, 2.24) is 0 Å². The second kappa shape index (κ2) is 6.30. The van der Waals surface area contributed by atoms with Crippen molar-refractivity contribution in [1.29, 1.82) is 0 Å². The molecule has 1 N–H and O–H groups in total. The Hall–Kier alpha value is -0.950. The maximum atomic E-state index is 12.9. The molecule has 0 aromatic heterocycles. The van der Waals surface area contributed by atoms with Gasteiger partial charge in [0.05, 0.1) is 25.1 Å². The fourth-order valence-electron chi connectivity index (χ4n) is 5.25. The van der Waals surface area contributed by atoms with Crippen molar-refractivity contribution in [2.75, 3.05) is 12.4 Å². The third-order valence-corrected chi connectivity index (χ3v) is 9.17. The maximum absolute atomic E-state index is 12.9. The molecule has 6 heteroatoms. The van der Waals surface area contributed by atoms with E-state index >= 15 is 0 Å². The standard InChI is InChI=1S/C20H28O5S/c1-19(2)15-8-9-20(19,17(21)10-15)13-26(22,23)18-16(25-18)12-24-11-14-6-4-3-5-7-14/h3-7,15-18,21H,8-13H2,1-2H3/t15-,16?,17-,18?,20-/m1/s1. The molecule has 5 atom stereocenters. The van der Waals surface area contributed by atoms with Gasteiger partial charge in [0.15, 0.2) is 15.3 Å². The molecule has 1 aromatic carbocycles. The number of ether oxygens (including phenoxy) is 2. The van der Waals surface area contributed by atoms with Crippen molar-refractivity contribution in [3.8, 4) is 0 Å². The van der Waals surface area contributed by atoms with E-state index < -0.39 is 26.8 Å². The van der Waals surface area contributed by atoms with E-state index in [0.717, 1.165) is 24.8 Å². The molecule has 1 aromatic rings. The molecule has 2 saturated carbocycles. The molecule has 3 fully saturated rings. The van der Waals surface area contributed by atoms with Gasteiger partial charge in [-0.1, -0.05) is 44.2 Å². The van der Waals surface area contributed by atoms with Crippen molar-refractivity contribution in [2.45, 2.75) is 57.4 Å². The molecule has 26 heavy (non-hydrogen) atoms. The topological polar surface area (TPSA) is 76.1 Å². The minimum Gasteiger partial charge on any atom is -0.392 e. The SMILES string of the molecule is CC1(C)[C@@H]2CC[C@@]1(CS(=O)(=O)C1OC1COCc1ccccc1)[C@H](O)C2. The van der Waals surface area contributed by atoms with Crippen molar-refractivity contribution in [2.24, 2.45) is 16.7 Å². The van der Waals surface area contributed by atoms with Crippen molar-refractivity contribution in [3.05, 3.63) is 35.9 Å². The summed E-state index contributed by atoms with van der Waals surface area (Å²) < 4.78 is 36.9.